The Balaban J connectivity index is 1.19. The Hall–Kier alpha value is -3.07. The molecule has 1 atom stereocenters. The van der Waals surface area contributed by atoms with Gasteiger partial charge in [0.1, 0.15) is 12.4 Å². The van der Waals surface area contributed by atoms with Crippen molar-refractivity contribution in [3.63, 3.8) is 0 Å². The molecule has 0 radical (unpaired) electrons. The average Bonchev–Trinajstić information content (AvgIpc) is 3.55. The number of rotatable bonds is 11. The number of amides is 3. The second kappa shape index (κ2) is 10.0. The van der Waals surface area contributed by atoms with Gasteiger partial charge in [0.25, 0.3) is 0 Å². The Morgan fingerprint density at radius 1 is 1.28 bits per heavy atom. The van der Waals surface area contributed by atoms with Crippen LogP contribution in [0.3, 0.4) is 0 Å². The molecule has 1 aromatic heterocycles. The predicted octanol–water partition coefficient (Wildman–Crippen LogP) is 2.74. The summed E-state index contributed by atoms with van der Waals surface area (Å²) in [5.41, 5.74) is 2.00. The highest BCUT2D eigenvalue weighted by atomic mass is 19.1. The summed E-state index contributed by atoms with van der Waals surface area (Å²) in [5.74, 6) is 0.783. The summed E-state index contributed by atoms with van der Waals surface area (Å²) in [4.78, 5) is 32.8. The highest BCUT2D eigenvalue weighted by molar-refractivity contribution is 6.01. The van der Waals surface area contributed by atoms with Crippen LogP contribution >= 0.6 is 0 Å². The second-order valence-electron chi connectivity index (χ2n) is 8.44. The summed E-state index contributed by atoms with van der Waals surface area (Å²) in [5, 5.41) is 5.69. The molecular weight excluding hydrogens is 413 g/mol. The molecule has 0 spiro atoms. The Bertz CT molecular complexity index is 965. The molecule has 3 amide bonds. The molecule has 1 saturated heterocycles. The number of ether oxygens (including phenoxy) is 1. The van der Waals surface area contributed by atoms with E-state index in [1.54, 1.807) is 24.5 Å². The van der Waals surface area contributed by atoms with E-state index < -0.39 is 6.03 Å². The largest absolute Gasteiger partial charge is 0.490 e. The lowest BCUT2D eigenvalue weighted by atomic mass is 10.1. The van der Waals surface area contributed by atoms with Crippen molar-refractivity contribution in [3.8, 4) is 5.75 Å². The molecule has 2 aromatic rings. The van der Waals surface area contributed by atoms with E-state index >= 15 is 0 Å². The molecule has 1 aromatic carbocycles. The molecule has 0 bridgehead atoms. The molecule has 32 heavy (non-hydrogen) atoms. The summed E-state index contributed by atoms with van der Waals surface area (Å²) in [7, 11) is 0. The van der Waals surface area contributed by atoms with E-state index in [4.69, 9.17) is 4.74 Å². The fraction of sp³-hybridized carbons (Fsp3) is 0.478. The molecule has 1 aliphatic carbocycles. The van der Waals surface area contributed by atoms with Crippen LogP contribution in [0.15, 0.2) is 30.6 Å². The van der Waals surface area contributed by atoms with Gasteiger partial charge in [-0.25, -0.2) is 19.2 Å². The molecule has 1 aliphatic heterocycles. The van der Waals surface area contributed by atoms with Gasteiger partial charge in [0.2, 0.25) is 5.91 Å². The number of hydrogen-bond donors (Lipinski definition) is 2. The number of halogens is 1. The quantitative estimate of drug-likeness (QED) is 0.411. The first-order chi connectivity index (χ1) is 15.5. The zero-order chi connectivity index (χ0) is 22.5. The maximum Gasteiger partial charge on any atom is 0.324 e. The van der Waals surface area contributed by atoms with Gasteiger partial charge in [-0.3, -0.25) is 10.1 Å². The number of benzene rings is 1. The Labute approximate surface area is 186 Å². The van der Waals surface area contributed by atoms with E-state index in [2.05, 4.69) is 27.5 Å². The van der Waals surface area contributed by atoms with Crippen molar-refractivity contribution in [3.05, 3.63) is 53.4 Å². The van der Waals surface area contributed by atoms with Crippen LogP contribution in [0.4, 0.5) is 9.18 Å². The van der Waals surface area contributed by atoms with Crippen LogP contribution < -0.4 is 15.4 Å². The highest BCUT2D eigenvalue weighted by Gasteiger charge is 2.27. The van der Waals surface area contributed by atoms with Gasteiger partial charge in [0.05, 0.1) is 13.2 Å². The van der Waals surface area contributed by atoms with E-state index in [0.29, 0.717) is 24.1 Å². The number of imide groups is 1. The van der Waals surface area contributed by atoms with E-state index in [0.717, 1.165) is 30.5 Å². The van der Waals surface area contributed by atoms with Gasteiger partial charge in [-0.2, -0.15) is 0 Å². The van der Waals surface area contributed by atoms with Crippen LogP contribution in [-0.4, -0.2) is 46.5 Å². The fourth-order valence-corrected chi connectivity index (χ4v) is 3.49. The van der Waals surface area contributed by atoms with Crippen molar-refractivity contribution >= 4 is 11.9 Å². The molecule has 8 nitrogen and oxygen atoms in total. The Kier molecular flexibility index (Phi) is 6.94. The molecule has 2 N–H and O–H groups in total. The smallest absolute Gasteiger partial charge is 0.324 e. The molecule has 2 aliphatic rings. The van der Waals surface area contributed by atoms with Crippen LogP contribution in [0.2, 0.25) is 0 Å². The van der Waals surface area contributed by atoms with Gasteiger partial charge in [0, 0.05) is 18.4 Å². The Morgan fingerprint density at radius 2 is 2.06 bits per heavy atom. The molecule has 9 heteroatoms. The van der Waals surface area contributed by atoms with Gasteiger partial charge < -0.3 is 15.0 Å². The van der Waals surface area contributed by atoms with Gasteiger partial charge in [0.15, 0.2) is 11.6 Å². The van der Waals surface area contributed by atoms with Crippen LogP contribution in [0.5, 0.6) is 5.75 Å². The minimum atomic E-state index is -0.411. The number of aromatic nitrogens is 2. The zero-order valence-electron chi connectivity index (χ0n) is 18.1. The third-order valence-electron chi connectivity index (χ3n) is 5.68. The lowest BCUT2D eigenvalue weighted by Gasteiger charge is -2.16. The third kappa shape index (κ3) is 6.00. The van der Waals surface area contributed by atoms with Crippen molar-refractivity contribution < 1.29 is 18.7 Å². The monoisotopic (exact) mass is 441 g/mol. The van der Waals surface area contributed by atoms with Crippen LogP contribution in [0.1, 0.15) is 49.2 Å². The zero-order valence-corrected chi connectivity index (χ0v) is 18.1. The average molecular weight is 442 g/mol. The lowest BCUT2D eigenvalue weighted by molar-refractivity contribution is -0.118. The number of urea groups is 1. The maximum absolute atomic E-state index is 14.0. The maximum atomic E-state index is 14.0. The third-order valence-corrected chi connectivity index (χ3v) is 5.68. The first-order valence-electron chi connectivity index (χ1n) is 11.0. The minimum Gasteiger partial charge on any atom is -0.490 e. The van der Waals surface area contributed by atoms with Crippen molar-refractivity contribution in [1.29, 1.82) is 0 Å². The summed E-state index contributed by atoms with van der Waals surface area (Å²) in [6.07, 6.45) is 7.55. The molecule has 1 saturated carbocycles. The number of nitrogens with zero attached hydrogens (tertiary/aromatic N) is 3. The molecular formula is C23H28FN5O3. The number of nitrogens with one attached hydrogen (secondary N) is 2. The summed E-state index contributed by atoms with van der Waals surface area (Å²) in [6, 6.07) is 4.71. The van der Waals surface area contributed by atoms with Crippen molar-refractivity contribution in [1.82, 2.24) is 25.5 Å². The molecule has 170 valence electrons. The van der Waals surface area contributed by atoms with Crippen LogP contribution in [0.25, 0.3) is 0 Å². The highest BCUT2D eigenvalue weighted by Crippen LogP contribution is 2.31. The standard InChI is InChI=1S/C23H28FN5O3/c1-15(18-6-7-19(24)20(9-18)32-14-16-4-5-16)25-8-2-3-17-10-26-21(27-11-17)12-29-13-22(30)28-23(29)31/h6-7,9-11,15-16,25H,2-5,8,12-14H2,1H3,(H,28,30,31)/t15-/m1/s1. The van der Waals surface area contributed by atoms with E-state index in [1.165, 1.54) is 23.8 Å². The minimum absolute atomic E-state index is 0.0377. The summed E-state index contributed by atoms with van der Waals surface area (Å²) in [6.45, 7) is 3.67. The summed E-state index contributed by atoms with van der Waals surface area (Å²) < 4.78 is 19.6. The van der Waals surface area contributed by atoms with Crippen LogP contribution in [-0.2, 0) is 17.8 Å². The molecule has 0 unspecified atom stereocenters. The Morgan fingerprint density at radius 3 is 2.75 bits per heavy atom. The lowest BCUT2D eigenvalue weighted by Crippen LogP contribution is -2.28. The van der Waals surface area contributed by atoms with Gasteiger partial charge in [-0.1, -0.05) is 6.07 Å². The predicted molar refractivity (Wildman–Crippen MR) is 115 cm³/mol. The SMILES string of the molecule is C[C@@H](NCCCc1cnc(CN2CC(=O)NC2=O)nc1)c1ccc(F)c(OCC2CC2)c1. The number of aryl methyl sites for hydroxylation is 1. The number of hydrogen-bond acceptors (Lipinski definition) is 6. The van der Waals surface area contributed by atoms with E-state index in [1.807, 2.05) is 0 Å². The first-order valence-corrected chi connectivity index (χ1v) is 11.0. The van der Waals surface area contributed by atoms with E-state index in [-0.39, 0.29) is 30.9 Å². The van der Waals surface area contributed by atoms with Gasteiger partial charge in [-0.05, 0) is 68.3 Å². The van der Waals surface area contributed by atoms with Gasteiger partial charge in [-0.15, -0.1) is 0 Å². The van der Waals surface area contributed by atoms with Crippen molar-refractivity contribution in [2.24, 2.45) is 5.92 Å². The van der Waals surface area contributed by atoms with Gasteiger partial charge >= 0.3 is 6.03 Å². The fourth-order valence-electron chi connectivity index (χ4n) is 3.49. The molecule has 2 heterocycles. The first kappa shape index (κ1) is 22.1. The van der Waals surface area contributed by atoms with Crippen molar-refractivity contribution in [2.75, 3.05) is 19.7 Å². The molecule has 2 fully saturated rings. The topological polar surface area (TPSA) is 96.5 Å². The van der Waals surface area contributed by atoms with E-state index in [9.17, 15) is 14.0 Å². The van der Waals surface area contributed by atoms with Crippen molar-refractivity contribution in [2.45, 2.75) is 45.2 Å². The normalized spacial score (nSPS) is 16.9. The number of carbonyl (C=O) groups is 2. The van der Waals surface area contributed by atoms with Crippen LogP contribution in [0, 0.1) is 11.7 Å². The summed E-state index contributed by atoms with van der Waals surface area (Å²) >= 11 is 0. The second-order valence-corrected chi connectivity index (χ2v) is 8.44. The number of carbonyl (C=O) groups excluding carboxylic acids is 2. The molecule has 4 rings (SSSR count).